The molecule has 1 aromatic carbocycles. The molecule has 1 aliphatic heterocycles. The predicted octanol–water partition coefficient (Wildman–Crippen LogP) is 2.95. The number of para-hydroxylation sites is 1. The third-order valence-corrected chi connectivity index (χ3v) is 6.47. The van der Waals surface area contributed by atoms with Gasteiger partial charge in [0.25, 0.3) is 5.91 Å². The summed E-state index contributed by atoms with van der Waals surface area (Å²) >= 11 is 0. The first-order valence-corrected chi connectivity index (χ1v) is 10.8. The Morgan fingerprint density at radius 3 is 2.77 bits per heavy atom. The number of nitrogens with zero attached hydrogens (tertiary/aromatic N) is 3. The van der Waals surface area contributed by atoms with E-state index in [0.29, 0.717) is 25.2 Å². The average molecular weight is 411 g/mol. The lowest BCUT2D eigenvalue weighted by molar-refractivity contribution is -0.131. The molecule has 1 N–H and O–H groups in total. The number of rotatable bonds is 5. The SMILES string of the molecule is COc1ccccc1CC(=O)N1CCc2[nH]nc(C(=O)N(C)C3CCCCC3)c2C1. The molecule has 0 radical (unpaired) electrons. The van der Waals surface area contributed by atoms with Gasteiger partial charge in [0.15, 0.2) is 5.69 Å². The van der Waals surface area contributed by atoms with Gasteiger partial charge in [-0.05, 0) is 18.9 Å². The minimum atomic E-state index is -0.0431. The highest BCUT2D eigenvalue weighted by molar-refractivity contribution is 5.94. The van der Waals surface area contributed by atoms with Crippen LogP contribution in [0.2, 0.25) is 0 Å². The molecule has 160 valence electrons. The number of aromatic nitrogens is 2. The van der Waals surface area contributed by atoms with Gasteiger partial charge in [-0.2, -0.15) is 5.10 Å². The summed E-state index contributed by atoms with van der Waals surface area (Å²) < 4.78 is 5.38. The molecule has 1 aromatic heterocycles. The monoisotopic (exact) mass is 410 g/mol. The number of hydrogen-bond acceptors (Lipinski definition) is 4. The number of fused-ring (bicyclic) bond motifs is 1. The van der Waals surface area contributed by atoms with Crippen LogP contribution in [0.5, 0.6) is 5.75 Å². The van der Waals surface area contributed by atoms with Crippen LogP contribution in [0, 0.1) is 0 Å². The predicted molar refractivity (Wildman–Crippen MR) is 113 cm³/mol. The van der Waals surface area contributed by atoms with Gasteiger partial charge in [0, 0.05) is 49.4 Å². The molecule has 2 heterocycles. The zero-order chi connectivity index (χ0) is 21.1. The first-order chi connectivity index (χ1) is 14.6. The number of ether oxygens (including phenoxy) is 1. The lowest BCUT2D eigenvalue weighted by atomic mass is 9.94. The summed E-state index contributed by atoms with van der Waals surface area (Å²) in [6, 6.07) is 7.87. The Labute approximate surface area is 177 Å². The van der Waals surface area contributed by atoms with E-state index in [4.69, 9.17) is 4.74 Å². The molecule has 4 rings (SSSR count). The smallest absolute Gasteiger partial charge is 0.274 e. The Kier molecular flexibility index (Phi) is 6.06. The topological polar surface area (TPSA) is 78.5 Å². The van der Waals surface area contributed by atoms with E-state index < -0.39 is 0 Å². The Balaban J connectivity index is 1.47. The highest BCUT2D eigenvalue weighted by Crippen LogP contribution is 2.26. The maximum absolute atomic E-state index is 13.2. The van der Waals surface area contributed by atoms with Crippen molar-refractivity contribution in [3.05, 3.63) is 46.8 Å². The van der Waals surface area contributed by atoms with Crippen LogP contribution in [-0.2, 0) is 24.2 Å². The Bertz CT molecular complexity index is 917. The fraction of sp³-hybridized carbons (Fsp3) is 0.522. The van der Waals surface area contributed by atoms with E-state index in [9.17, 15) is 9.59 Å². The summed E-state index contributed by atoms with van der Waals surface area (Å²) in [5.41, 5.74) is 3.17. The average Bonchev–Trinajstić information content (AvgIpc) is 3.22. The number of methoxy groups -OCH3 is 1. The van der Waals surface area contributed by atoms with Crippen LogP contribution in [0.1, 0.15) is 59.4 Å². The molecule has 7 heteroatoms. The van der Waals surface area contributed by atoms with Crippen LogP contribution in [-0.4, -0.2) is 58.6 Å². The van der Waals surface area contributed by atoms with E-state index in [1.165, 1.54) is 19.3 Å². The van der Waals surface area contributed by atoms with Crippen LogP contribution >= 0.6 is 0 Å². The lowest BCUT2D eigenvalue weighted by Gasteiger charge is -2.32. The molecule has 2 amide bonds. The number of carbonyl (C=O) groups excluding carboxylic acids is 2. The number of carbonyl (C=O) groups is 2. The number of amides is 2. The van der Waals surface area contributed by atoms with Crippen molar-refractivity contribution in [2.45, 2.75) is 57.5 Å². The molecular formula is C23H30N4O3. The minimum absolute atomic E-state index is 0.0328. The second-order valence-electron chi connectivity index (χ2n) is 8.29. The standard InChI is InChI=1S/C23H30N4O3/c1-26(17-9-4-3-5-10-17)23(29)22-18-15-27(13-12-19(18)24-25-22)21(28)14-16-8-6-7-11-20(16)30-2/h6-8,11,17H,3-5,9-10,12-15H2,1-2H3,(H,24,25). The molecule has 0 saturated heterocycles. The quantitative estimate of drug-likeness (QED) is 0.822. The van der Waals surface area contributed by atoms with E-state index in [2.05, 4.69) is 10.2 Å². The molecule has 0 bridgehead atoms. The summed E-state index contributed by atoms with van der Waals surface area (Å²) in [6.07, 6.45) is 6.66. The Morgan fingerprint density at radius 1 is 1.23 bits per heavy atom. The molecule has 2 aliphatic rings. The second-order valence-corrected chi connectivity index (χ2v) is 8.29. The van der Waals surface area contributed by atoms with Crippen molar-refractivity contribution in [1.82, 2.24) is 20.0 Å². The molecule has 7 nitrogen and oxygen atoms in total. The number of benzene rings is 1. The van der Waals surface area contributed by atoms with Crippen LogP contribution in [0.15, 0.2) is 24.3 Å². The van der Waals surface area contributed by atoms with Gasteiger partial charge < -0.3 is 14.5 Å². The van der Waals surface area contributed by atoms with E-state index >= 15 is 0 Å². The Hall–Kier alpha value is -2.83. The van der Waals surface area contributed by atoms with Gasteiger partial charge in [0.2, 0.25) is 5.91 Å². The molecule has 0 unspecified atom stereocenters. The molecule has 1 saturated carbocycles. The van der Waals surface area contributed by atoms with Crippen molar-refractivity contribution in [3.63, 3.8) is 0 Å². The Morgan fingerprint density at radius 2 is 2.00 bits per heavy atom. The number of H-pyrrole nitrogens is 1. The highest BCUT2D eigenvalue weighted by Gasteiger charge is 2.31. The van der Waals surface area contributed by atoms with Crippen LogP contribution in [0.25, 0.3) is 0 Å². The zero-order valence-electron chi connectivity index (χ0n) is 17.8. The molecule has 0 atom stereocenters. The van der Waals surface area contributed by atoms with Crippen LogP contribution in [0.4, 0.5) is 0 Å². The highest BCUT2D eigenvalue weighted by atomic mass is 16.5. The van der Waals surface area contributed by atoms with Crippen LogP contribution < -0.4 is 4.74 Å². The normalized spacial score (nSPS) is 16.8. The van der Waals surface area contributed by atoms with Gasteiger partial charge in [0.1, 0.15) is 5.75 Å². The van der Waals surface area contributed by atoms with E-state index in [-0.39, 0.29) is 24.3 Å². The maximum Gasteiger partial charge on any atom is 0.274 e. The first kappa shape index (κ1) is 20.4. The van der Waals surface area contributed by atoms with Crippen molar-refractivity contribution in [1.29, 1.82) is 0 Å². The van der Waals surface area contributed by atoms with Crippen molar-refractivity contribution in [3.8, 4) is 5.75 Å². The van der Waals surface area contributed by atoms with Gasteiger partial charge in [-0.3, -0.25) is 14.7 Å². The van der Waals surface area contributed by atoms with Crippen molar-refractivity contribution in [2.75, 3.05) is 20.7 Å². The molecule has 0 spiro atoms. The van der Waals surface area contributed by atoms with E-state index in [1.54, 1.807) is 7.11 Å². The third-order valence-electron chi connectivity index (χ3n) is 6.47. The lowest BCUT2D eigenvalue weighted by Crippen LogP contribution is -2.40. The maximum atomic E-state index is 13.2. The largest absolute Gasteiger partial charge is 0.496 e. The van der Waals surface area contributed by atoms with Gasteiger partial charge >= 0.3 is 0 Å². The number of hydrogen-bond donors (Lipinski definition) is 1. The van der Waals surface area contributed by atoms with E-state index in [1.807, 2.05) is 41.1 Å². The molecule has 1 fully saturated rings. The van der Waals surface area contributed by atoms with Crippen molar-refractivity contribution >= 4 is 11.8 Å². The minimum Gasteiger partial charge on any atom is -0.496 e. The third kappa shape index (κ3) is 4.06. The first-order valence-electron chi connectivity index (χ1n) is 10.8. The molecule has 2 aromatic rings. The van der Waals surface area contributed by atoms with Gasteiger partial charge in [-0.1, -0.05) is 37.5 Å². The summed E-state index contributed by atoms with van der Waals surface area (Å²) in [7, 11) is 3.50. The van der Waals surface area contributed by atoms with Crippen LogP contribution in [0.3, 0.4) is 0 Å². The van der Waals surface area contributed by atoms with Gasteiger partial charge in [-0.25, -0.2) is 0 Å². The van der Waals surface area contributed by atoms with Gasteiger partial charge in [-0.15, -0.1) is 0 Å². The summed E-state index contributed by atoms with van der Waals surface area (Å²) in [6.45, 7) is 1.04. The fourth-order valence-electron chi connectivity index (χ4n) is 4.61. The van der Waals surface area contributed by atoms with Crippen molar-refractivity contribution < 1.29 is 14.3 Å². The number of nitrogens with one attached hydrogen (secondary N) is 1. The zero-order valence-corrected chi connectivity index (χ0v) is 17.8. The summed E-state index contributed by atoms with van der Waals surface area (Å²) in [5, 5.41) is 7.38. The molecular weight excluding hydrogens is 380 g/mol. The van der Waals surface area contributed by atoms with E-state index in [0.717, 1.165) is 35.4 Å². The van der Waals surface area contributed by atoms with Crippen molar-refractivity contribution in [2.24, 2.45) is 0 Å². The van der Waals surface area contributed by atoms with Gasteiger partial charge in [0.05, 0.1) is 13.5 Å². The fourth-order valence-corrected chi connectivity index (χ4v) is 4.61. The molecule has 30 heavy (non-hydrogen) atoms. The second kappa shape index (κ2) is 8.90. The number of aromatic amines is 1. The molecule has 1 aliphatic carbocycles. The summed E-state index contributed by atoms with van der Waals surface area (Å²) in [5.74, 6) is 0.709. The summed E-state index contributed by atoms with van der Waals surface area (Å²) in [4.78, 5) is 29.8.